The maximum atomic E-state index is 13.5. The van der Waals surface area contributed by atoms with Crippen LogP contribution in [0, 0.1) is 0 Å². The smallest absolute Gasteiger partial charge is 0.365 e. The van der Waals surface area contributed by atoms with Gasteiger partial charge in [0.25, 0.3) is 5.91 Å². The van der Waals surface area contributed by atoms with Gasteiger partial charge in [0.15, 0.2) is 5.69 Å². The van der Waals surface area contributed by atoms with Gasteiger partial charge in [-0.25, -0.2) is 4.68 Å². The number of nitrogens with zero attached hydrogens (tertiary/aromatic N) is 2. The van der Waals surface area contributed by atoms with E-state index in [1.165, 1.54) is 12.1 Å². The lowest BCUT2D eigenvalue weighted by atomic mass is 10.2. The fourth-order valence-corrected chi connectivity index (χ4v) is 2.69. The molecule has 0 spiro atoms. The molecule has 1 N–H and O–H groups in total. The van der Waals surface area contributed by atoms with Crippen LogP contribution in [0.4, 0.5) is 18.9 Å². The Hall–Kier alpha value is -2.35. The van der Waals surface area contributed by atoms with Gasteiger partial charge in [-0.3, -0.25) is 4.79 Å². The van der Waals surface area contributed by atoms with Crippen molar-refractivity contribution in [3.05, 3.63) is 42.2 Å². The fraction of sp³-hybridized carbons (Fsp3) is 0.375. The molecule has 24 heavy (non-hydrogen) atoms. The van der Waals surface area contributed by atoms with Crippen molar-refractivity contribution in [1.29, 1.82) is 0 Å². The first-order valence-electron chi connectivity index (χ1n) is 7.53. The van der Waals surface area contributed by atoms with E-state index in [1.54, 1.807) is 18.2 Å². The number of nitrogens with one attached hydrogen (secondary N) is 1. The van der Waals surface area contributed by atoms with Gasteiger partial charge in [0.05, 0.1) is 23.7 Å². The lowest BCUT2D eigenvalue weighted by Crippen LogP contribution is -2.28. The minimum Gasteiger partial charge on any atom is -0.365 e. The SMILES string of the molecule is C[C@H]1CC[C@@H](C(=O)Nc2cnn(-c3ccccc3)c2C(F)(F)F)O1. The van der Waals surface area contributed by atoms with Crippen molar-refractivity contribution in [2.75, 3.05) is 5.32 Å². The Labute approximate surface area is 136 Å². The number of benzene rings is 1. The maximum Gasteiger partial charge on any atom is 0.435 e. The summed E-state index contributed by atoms with van der Waals surface area (Å²) < 4.78 is 46.6. The summed E-state index contributed by atoms with van der Waals surface area (Å²) in [5.74, 6) is -0.586. The number of hydrogen-bond donors (Lipinski definition) is 1. The monoisotopic (exact) mass is 339 g/mol. The van der Waals surface area contributed by atoms with Crippen LogP contribution in [0.3, 0.4) is 0 Å². The molecule has 1 aromatic heterocycles. The molecule has 1 fully saturated rings. The Balaban J connectivity index is 1.91. The first kappa shape index (κ1) is 16.5. The minimum atomic E-state index is -4.67. The van der Waals surface area contributed by atoms with Gasteiger partial charge in [0.1, 0.15) is 6.10 Å². The van der Waals surface area contributed by atoms with E-state index in [0.29, 0.717) is 12.8 Å². The molecule has 1 amide bonds. The molecule has 128 valence electrons. The molecule has 8 heteroatoms. The average molecular weight is 339 g/mol. The number of halogens is 3. The second-order valence-electron chi connectivity index (χ2n) is 5.65. The number of carbonyl (C=O) groups excluding carboxylic acids is 1. The molecule has 2 atom stereocenters. The van der Waals surface area contributed by atoms with E-state index >= 15 is 0 Å². The number of alkyl halides is 3. The van der Waals surface area contributed by atoms with Crippen LogP contribution in [0.15, 0.2) is 36.5 Å². The summed E-state index contributed by atoms with van der Waals surface area (Å²) in [6.07, 6.45) is -3.28. The zero-order valence-electron chi connectivity index (χ0n) is 12.9. The van der Waals surface area contributed by atoms with Gasteiger partial charge in [-0.2, -0.15) is 18.3 Å². The first-order chi connectivity index (χ1) is 11.4. The van der Waals surface area contributed by atoms with Crippen LogP contribution in [0.5, 0.6) is 0 Å². The van der Waals surface area contributed by atoms with E-state index in [9.17, 15) is 18.0 Å². The van der Waals surface area contributed by atoms with Crippen LogP contribution in [0.1, 0.15) is 25.5 Å². The molecule has 1 aromatic carbocycles. The molecule has 0 bridgehead atoms. The topological polar surface area (TPSA) is 56.2 Å². The summed E-state index contributed by atoms with van der Waals surface area (Å²) in [7, 11) is 0. The number of ether oxygens (including phenoxy) is 1. The molecule has 2 heterocycles. The molecule has 0 radical (unpaired) electrons. The van der Waals surface area contributed by atoms with Crippen LogP contribution < -0.4 is 5.32 Å². The van der Waals surface area contributed by atoms with Gasteiger partial charge in [-0.1, -0.05) is 18.2 Å². The zero-order valence-corrected chi connectivity index (χ0v) is 12.9. The summed E-state index contributed by atoms with van der Waals surface area (Å²) >= 11 is 0. The van der Waals surface area contributed by atoms with Gasteiger partial charge in [0, 0.05) is 0 Å². The van der Waals surface area contributed by atoms with E-state index in [0.717, 1.165) is 10.9 Å². The number of aromatic nitrogens is 2. The predicted octanol–water partition coefficient (Wildman–Crippen LogP) is 3.40. The van der Waals surface area contributed by atoms with Crippen molar-refractivity contribution in [2.24, 2.45) is 0 Å². The van der Waals surface area contributed by atoms with Crippen molar-refractivity contribution in [1.82, 2.24) is 9.78 Å². The highest BCUT2D eigenvalue weighted by Gasteiger charge is 2.40. The van der Waals surface area contributed by atoms with Crippen molar-refractivity contribution in [3.63, 3.8) is 0 Å². The van der Waals surface area contributed by atoms with E-state index < -0.39 is 23.9 Å². The van der Waals surface area contributed by atoms with Crippen LogP contribution in [0.25, 0.3) is 5.69 Å². The quantitative estimate of drug-likeness (QED) is 0.932. The predicted molar refractivity (Wildman–Crippen MR) is 80.8 cm³/mol. The molecule has 0 saturated carbocycles. The number of para-hydroxylation sites is 1. The lowest BCUT2D eigenvalue weighted by Gasteiger charge is -2.15. The highest BCUT2D eigenvalue weighted by Crippen LogP contribution is 2.36. The van der Waals surface area contributed by atoms with Gasteiger partial charge in [-0.05, 0) is 31.9 Å². The maximum absolute atomic E-state index is 13.5. The molecule has 3 rings (SSSR count). The summed E-state index contributed by atoms with van der Waals surface area (Å²) in [5.41, 5.74) is -1.14. The van der Waals surface area contributed by atoms with Crippen LogP contribution in [-0.2, 0) is 15.7 Å². The summed E-state index contributed by atoms with van der Waals surface area (Å²) in [6, 6.07) is 7.94. The third-order valence-corrected chi connectivity index (χ3v) is 3.82. The Kier molecular flexibility index (Phi) is 4.31. The largest absolute Gasteiger partial charge is 0.435 e. The molecule has 0 unspecified atom stereocenters. The van der Waals surface area contributed by atoms with Crippen molar-refractivity contribution in [3.8, 4) is 5.69 Å². The molecule has 2 aromatic rings. The van der Waals surface area contributed by atoms with E-state index in [1.807, 2.05) is 6.92 Å². The van der Waals surface area contributed by atoms with E-state index in [2.05, 4.69) is 10.4 Å². The molecular weight excluding hydrogens is 323 g/mol. The number of carbonyl (C=O) groups is 1. The molecule has 0 aliphatic carbocycles. The van der Waals surface area contributed by atoms with Crippen LogP contribution in [-0.4, -0.2) is 27.9 Å². The standard InChI is InChI=1S/C16H16F3N3O2/c1-10-7-8-13(24-10)15(23)21-12-9-20-22(14(12)16(17,18)19)11-5-3-2-4-6-11/h2-6,9-10,13H,7-8H2,1H3,(H,21,23)/t10-,13-/m0/s1. The van der Waals surface area contributed by atoms with Crippen LogP contribution >= 0.6 is 0 Å². The summed E-state index contributed by atoms with van der Waals surface area (Å²) in [6.45, 7) is 1.82. The lowest BCUT2D eigenvalue weighted by molar-refractivity contribution is -0.142. The number of anilines is 1. The van der Waals surface area contributed by atoms with Crippen molar-refractivity contribution in [2.45, 2.75) is 38.1 Å². The number of rotatable bonds is 3. The molecule has 5 nitrogen and oxygen atoms in total. The third-order valence-electron chi connectivity index (χ3n) is 3.82. The summed E-state index contributed by atoms with van der Waals surface area (Å²) in [4.78, 5) is 12.1. The Bertz CT molecular complexity index is 728. The van der Waals surface area contributed by atoms with Crippen LogP contribution in [0.2, 0.25) is 0 Å². The van der Waals surface area contributed by atoms with E-state index in [4.69, 9.17) is 4.74 Å². The Morgan fingerprint density at radius 2 is 2.00 bits per heavy atom. The highest BCUT2D eigenvalue weighted by molar-refractivity contribution is 5.94. The van der Waals surface area contributed by atoms with Gasteiger partial charge in [-0.15, -0.1) is 0 Å². The van der Waals surface area contributed by atoms with Gasteiger partial charge >= 0.3 is 6.18 Å². The fourth-order valence-electron chi connectivity index (χ4n) is 2.69. The Morgan fingerprint density at radius 3 is 2.58 bits per heavy atom. The Morgan fingerprint density at radius 1 is 1.29 bits per heavy atom. The summed E-state index contributed by atoms with van der Waals surface area (Å²) in [5, 5.41) is 6.09. The molecule has 1 aliphatic rings. The van der Waals surface area contributed by atoms with Crippen molar-refractivity contribution >= 4 is 11.6 Å². The van der Waals surface area contributed by atoms with Crippen molar-refractivity contribution < 1.29 is 22.7 Å². The molecular formula is C16H16F3N3O2. The second-order valence-corrected chi connectivity index (χ2v) is 5.65. The normalized spacial score (nSPS) is 21.0. The minimum absolute atomic E-state index is 0.0742. The van der Waals surface area contributed by atoms with Gasteiger partial charge in [0.2, 0.25) is 0 Å². The zero-order chi connectivity index (χ0) is 17.3. The third kappa shape index (κ3) is 3.28. The van der Waals surface area contributed by atoms with E-state index in [-0.39, 0.29) is 17.5 Å². The average Bonchev–Trinajstić information content (AvgIpc) is 3.14. The molecule has 1 saturated heterocycles. The number of hydrogen-bond acceptors (Lipinski definition) is 3. The number of amides is 1. The second kappa shape index (κ2) is 6.27. The molecule has 1 aliphatic heterocycles. The first-order valence-corrected chi connectivity index (χ1v) is 7.53. The highest BCUT2D eigenvalue weighted by atomic mass is 19.4. The van der Waals surface area contributed by atoms with Gasteiger partial charge < -0.3 is 10.1 Å².